The molecule has 1 saturated heterocycles. The van der Waals surface area contributed by atoms with E-state index in [0.29, 0.717) is 24.9 Å². The van der Waals surface area contributed by atoms with Gasteiger partial charge in [-0.2, -0.15) is 0 Å². The van der Waals surface area contributed by atoms with Gasteiger partial charge in [0.1, 0.15) is 5.75 Å². The standard InChI is InChI=1S/C13H15NO3/c1-9-4-2-6-11(12(9)16)13(17)14-7-3-5-10(15)8-14/h2,4,6,16H,3,5,7-8H2,1H3. The van der Waals surface area contributed by atoms with Crippen molar-refractivity contribution in [1.82, 2.24) is 4.90 Å². The number of carbonyl (C=O) groups is 2. The summed E-state index contributed by atoms with van der Waals surface area (Å²) in [5.74, 6) is -0.175. The first-order chi connectivity index (χ1) is 8.09. The normalized spacial score (nSPS) is 16.1. The molecule has 0 bridgehead atoms. The van der Waals surface area contributed by atoms with Crippen LogP contribution in [-0.4, -0.2) is 34.8 Å². The van der Waals surface area contributed by atoms with E-state index in [2.05, 4.69) is 0 Å². The molecule has 4 nitrogen and oxygen atoms in total. The van der Waals surface area contributed by atoms with Gasteiger partial charge in [-0.25, -0.2) is 0 Å². The highest BCUT2D eigenvalue weighted by Gasteiger charge is 2.24. The monoisotopic (exact) mass is 233 g/mol. The molecule has 1 heterocycles. The number of rotatable bonds is 1. The van der Waals surface area contributed by atoms with E-state index in [1.54, 1.807) is 25.1 Å². The number of nitrogens with zero attached hydrogens (tertiary/aromatic N) is 1. The Hall–Kier alpha value is -1.84. The summed E-state index contributed by atoms with van der Waals surface area (Å²) >= 11 is 0. The van der Waals surface area contributed by atoms with Gasteiger partial charge in [0, 0.05) is 13.0 Å². The lowest BCUT2D eigenvalue weighted by Gasteiger charge is -2.26. The summed E-state index contributed by atoms with van der Waals surface area (Å²) in [5.41, 5.74) is 0.943. The molecule has 1 aromatic rings. The molecule has 90 valence electrons. The van der Waals surface area contributed by atoms with Crippen LogP contribution >= 0.6 is 0 Å². The van der Waals surface area contributed by atoms with Crippen LogP contribution in [0.1, 0.15) is 28.8 Å². The molecule has 0 saturated carbocycles. The smallest absolute Gasteiger partial charge is 0.258 e. The van der Waals surface area contributed by atoms with Gasteiger partial charge in [0.2, 0.25) is 0 Å². The summed E-state index contributed by atoms with van der Waals surface area (Å²) in [6, 6.07) is 5.06. The fraction of sp³-hybridized carbons (Fsp3) is 0.385. The highest BCUT2D eigenvalue weighted by Crippen LogP contribution is 2.23. The van der Waals surface area contributed by atoms with Gasteiger partial charge < -0.3 is 10.0 Å². The van der Waals surface area contributed by atoms with E-state index < -0.39 is 0 Å². The molecule has 0 spiro atoms. The lowest BCUT2D eigenvalue weighted by molar-refractivity contribution is -0.121. The number of ketones is 1. The molecule has 1 fully saturated rings. The highest BCUT2D eigenvalue weighted by molar-refractivity contribution is 5.99. The van der Waals surface area contributed by atoms with Crippen LogP contribution in [0.5, 0.6) is 5.75 Å². The minimum absolute atomic E-state index is 0.00974. The maximum absolute atomic E-state index is 12.1. The first kappa shape index (κ1) is 11.6. The van der Waals surface area contributed by atoms with Crippen LogP contribution in [0.3, 0.4) is 0 Å². The average Bonchev–Trinajstić information content (AvgIpc) is 2.32. The van der Waals surface area contributed by atoms with Crippen LogP contribution in [0, 0.1) is 6.92 Å². The average molecular weight is 233 g/mol. The summed E-state index contributed by atoms with van der Waals surface area (Å²) < 4.78 is 0. The number of phenols is 1. The molecule has 1 aliphatic rings. The highest BCUT2D eigenvalue weighted by atomic mass is 16.3. The number of Topliss-reactive ketones (excluding diaryl/α,β-unsaturated/α-hetero) is 1. The fourth-order valence-corrected chi connectivity index (χ4v) is 2.01. The van der Waals surface area contributed by atoms with E-state index in [1.165, 1.54) is 4.90 Å². The lowest BCUT2D eigenvalue weighted by Crippen LogP contribution is -2.40. The molecule has 1 amide bonds. The van der Waals surface area contributed by atoms with Crippen molar-refractivity contribution < 1.29 is 14.7 Å². The Morgan fingerprint density at radius 2 is 2.18 bits per heavy atom. The molecular formula is C13H15NO3. The Morgan fingerprint density at radius 1 is 1.41 bits per heavy atom. The molecule has 0 aromatic heterocycles. The quantitative estimate of drug-likeness (QED) is 0.799. The van der Waals surface area contributed by atoms with Crippen molar-refractivity contribution in [3.05, 3.63) is 29.3 Å². The molecule has 1 N–H and O–H groups in total. The van der Waals surface area contributed by atoms with Gasteiger partial charge in [-0.15, -0.1) is 0 Å². The zero-order valence-electron chi connectivity index (χ0n) is 9.77. The number of para-hydroxylation sites is 1. The van der Waals surface area contributed by atoms with Gasteiger partial charge in [0.05, 0.1) is 12.1 Å². The topological polar surface area (TPSA) is 57.6 Å². The minimum atomic E-state index is -0.265. The number of carbonyl (C=O) groups excluding carboxylic acids is 2. The third-order valence-corrected chi connectivity index (χ3v) is 3.01. The van der Waals surface area contributed by atoms with Gasteiger partial charge in [-0.3, -0.25) is 9.59 Å². The number of likely N-dealkylation sites (tertiary alicyclic amines) is 1. The third kappa shape index (κ3) is 2.30. The maximum Gasteiger partial charge on any atom is 0.258 e. The molecule has 1 aliphatic heterocycles. The van der Waals surface area contributed by atoms with E-state index in [0.717, 1.165) is 0 Å². The molecule has 0 radical (unpaired) electrons. The lowest BCUT2D eigenvalue weighted by atomic mass is 10.1. The zero-order chi connectivity index (χ0) is 12.4. The van der Waals surface area contributed by atoms with Crippen molar-refractivity contribution >= 4 is 11.7 Å². The van der Waals surface area contributed by atoms with Gasteiger partial charge in [-0.1, -0.05) is 12.1 Å². The van der Waals surface area contributed by atoms with E-state index in [4.69, 9.17) is 0 Å². The summed E-state index contributed by atoms with van der Waals surface area (Å²) in [7, 11) is 0. The molecule has 2 rings (SSSR count). The number of aromatic hydroxyl groups is 1. The largest absolute Gasteiger partial charge is 0.507 e. The van der Waals surface area contributed by atoms with Crippen molar-refractivity contribution in [2.45, 2.75) is 19.8 Å². The first-order valence-corrected chi connectivity index (χ1v) is 5.69. The third-order valence-electron chi connectivity index (χ3n) is 3.01. The van der Waals surface area contributed by atoms with Crippen LogP contribution in [0.4, 0.5) is 0 Å². The van der Waals surface area contributed by atoms with Crippen LogP contribution in [0.25, 0.3) is 0 Å². The molecular weight excluding hydrogens is 218 g/mol. The van der Waals surface area contributed by atoms with Crippen molar-refractivity contribution in [1.29, 1.82) is 0 Å². The van der Waals surface area contributed by atoms with Crippen molar-refractivity contribution in [2.75, 3.05) is 13.1 Å². The number of benzene rings is 1. The molecule has 4 heteroatoms. The number of phenolic OH excluding ortho intramolecular Hbond substituents is 1. The second-order valence-corrected chi connectivity index (χ2v) is 4.34. The molecule has 17 heavy (non-hydrogen) atoms. The Labute approximate surface area is 99.9 Å². The van der Waals surface area contributed by atoms with E-state index >= 15 is 0 Å². The summed E-state index contributed by atoms with van der Waals surface area (Å²) in [5, 5.41) is 9.83. The van der Waals surface area contributed by atoms with E-state index in [1.807, 2.05) is 0 Å². The molecule has 0 aliphatic carbocycles. The Kier molecular flexibility index (Phi) is 3.13. The maximum atomic E-state index is 12.1. The van der Waals surface area contributed by atoms with Gasteiger partial charge in [0.25, 0.3) is 5.91 Å². The van der Waals surface area contributed by atoms with Gasteiger partial charge in [0.15, 0.2) is 5.78 Å². The molecule has 1 aromatic carbocycles. The van der Waals surface area contributed by atoms with Gasteiger partial charge in [-0.05, 0) is 25.0 Å². The molecule has 0 atom stereocenters. The summed E-state index contributed by atoms with van der Waals surface area (Å²) in [6.45, 7) is 2.48. The van der Waals surface area contributed by atoms with Crippen molar-refractivity contribution in [3.8, 4) is 5.75 Å². The predicted octanol–water partition coefficient (Wildman–Crippen LogP) is 1.51. The summed E-state index contributed by atoms with van der Waals surface area (Å²) in [4.78, 5) is 24.9. The number of aryl methyl sites for hydroxylation is 1. The molecule has 0 unspecified atom stereocenters. The van der Waals surface area contributed by atoms with Crippen LogP contribution in [-0.2, 0) is 4.79 Å². The second-order valence-electron chi connectivity index (χ2n) is 4.34. The minimum Gasteiger partial charge on any atom is -0.507 e. The van der Waals surface area contributed by atoms with E-state index in [-0.39, 0.29) is 29.5 Å². The van der Waals surface area contributed by atoms with Crippen LogP contribution < -0.4 is 0 Å². The van der Waals surface area contributed by atoms with Crippen molar-refractivity contribution in [3.63, 3.8) is 0 Å². The van der Waals surface area contributed by atoms with Crippen LogP contribution in [0.15, 0.2) is 18.2 Å². The summed E-state index contributed by atoms with van der Waals surface area (Å²) in [6.07, 6.45) is 1.25. The SMILES string of the molecule is Cc1cccc(C(=O)N2CCCC(=O)C2)c1O. The van der Waals surface area contributed by atoms with Gasteiger partial charge >= 0.3 is 0 Å². The first-order valence-electron chi connectivity index (χ1n) is 5.69. The number of piperidine rings is 1. The zero-order valence-corrected chi connectivity index (χ0v) is 9.77. The Balaban J connectivity index is 2.24. The van der Waals surface area contributed by atoms with Crippen LogP contribution in [0.2, 0.25) is 0 Å². The number of hydrogen-bond acceptors (Lipinski definition) is 3. The number of hydrogen-bond donors (Lipinski definition) is 1. The fourth-order valence-electron chi connectivity index (χ4n) is 2.01. The second kappa shape index (κ2) is 4.57. The Morgan fingerprint density at radius 3 is 2.88 bits per heavy atom. The van der Waals surface area contributed by atoms with E-state index in [9.17, 15) is 14.7 Å². The van der Waals surface area contributed by atoms with Crippen molar-refractivity contribution in [2.24, 2.45) is 0 Å². The number of amides is 1. The Bertz CT molecular complexity index is 468. The predicted molar refractivity (Wildman–Crippen MR) is 63.0 cm³/mol.